The van der Waals surface area contributed by atoms with Gasteiger partial charge in [-0.3, -0.25) is 18.3 Å². The van der Waals surface area contributed by atoms with E-state index < -0.39 is 45.0 Å². The highest BCUT2D eigenvalue weighted by molar-refractivity contribution is 7.85. The van der Waals surface area contributed by atoms with E-state index in [4.69, 9.17) is 4.18 Å². The minimum absolute atomic E-state index is 0.0225. The first-order valence-electron chi connectivity index (χ1n) is 16.3. The van der Waals surface area contributed by atoms with E-state index in [0.29, 0.717) is 43.4 Å². The Labute approximate surface area is 290 Å². The smallest absolute Gasteiger partial charge is 0.337 e. The predicted molar refractivity (Wildman–Crippen MR) is 185 cm³/mol. The standard InChI is InChI=1S/C36H32F2N6O6S/c1-51(48,49)50-16-15-22-5-7-23(8-6-22)24-3-2-4-29(17-24)43-33-30(18-26(38)19-39-33)35(46)44(36(43)47)28-12-10-27(11-13-28)40-34(45)31-21-42-20-25(37)9-14-32(42)41-31/h2-9,14,17-21,27-28H,10-13,15-16H2,1H3,(H,40,45). The minimum atomic E-state index is -3.53. The largest absolute Gasteiger partial charge is 0.348 e. The Bertz CT molecular complexity index is 2520. The van der Waals surface area contributed by atoms with Crippen LogP contribution in [0, 0.1) is 11.6 Å². The normalized spacial score (nSPS) is 16.5. The average molecular weight is 715 g/mol. The Morgan fingerprint density at radius 3 is 2.45 bits per heavy atom. The van der Waals surface area contributed by atoms with Gasteiger partial charge in [0.25, 0.3) is 21.6 Å². The molecule has 1 amide bonds. The van der Waals surface area contributed by atoms with Gasteiger partial charge >= 0.3 is 5.69 Å². The van der Waals surface area contributed by atoms with Crippen LogP contribution in [-0.2, 0) is 20.7 Å². The number of pyridine rings is 2. The third-order valence-corrected chi connectivity index (χ3v) is 9.61. The number of halogens is 2. The Kier molecular flexibility index (Phi) is 9.08. The van der Waals surface area contributed by atoms with Crippen molar-refractivity contribution in [1.82, 2.24) is 28.8 Å². The van der Waals surface area contributed by atoms with Crippen molar-refractivity contribution in [1.29, 1.82) is 0 Å². The molecule has 0 aliphatic heterocycles. The number of hydrogen-bond donors (Lipinski definition) is 1. The van der Waals surface area contributed by atoms with Crippen molar-refractivity contribution < 1.29 is 26.2 Å². The van der Waals surface area contributed by atoms with Crippen LogP contribution in [-0.4, -0.2) is 56.7 Å². The number of rotatable bonds is 9. The monoisotopic (exact) mass is 714 g/mol. The molecular formula is C36H32F2N6O6S. The SMILES string of the molecule is CS(=O)(=O)OCCc1ccc(-c2cccc(-n3c(=O)n(C4CCC(NC(=O)c5cn6cc(F)ccc6n5)CC4)c(=O)c4cc(F)cnc43)c2)cc1. The van der Waals surface area contributed by atoms with Crippen LogP contribution in [0.2, 0.25) is 0 Å². The van der Waals surface area contributed by atoms with Crippen molar-refractivity contribution in [2.75, 3.05) is 12.9 Å². The molecule has 15 heteroatoms. The summed E-state index contributed by atoms with van der Waals surface area (Å²) in [6.07, 6.45) is 6.78. The van der Waals surface area contributed by atoms with Crippen molar-refractivity contribution in [3.8, 4) is 16.8 Å². The number of nitrogens with zero attached hydrogens (tertiary/aromatic N) is 5. The molecule has 0 saturated heterocycles. The van der Waals surface area contributed by atoms with Gasteiger partial charge in [-0.1, -0.05) is 36.4 Å². The second kappa shape index (κ2) is 13.6. The zero-order valence-corrected chi connectivity index (χ0v) is 28.1. The number of nitrogens with one attached hydrogen (secondary N) is 1. The second-order valence-electron chi connectivity index (χ2n) is 12.6. The van der Waals surface area contributed by atoms with Gasteiger partial charge < -0.3 is 9.72 Å². The van der Waals surface area contributed by atoms with Crippen molar-refractivity contribution >= 4 is 32.7 Å². The van der Waals surface area contributed by atoms with E-state index >= 15 is 0 Å². The summed E-state index contributed by atoms with van der Waals surface area (Å²) in [6.45, 7) is 0.0233. The molecule has 7 rings (SSSR count). The van der Waals surface area contributed by atoms with Gasteiger partial charge in [0.2, 0.25) is 0 Å². The average Bonchev–Trinajstić information content (AvgIpc) is 3.53. The lowest BCUT2D eigenvalue weighted by Gasteiger charge is -2.30. The summed E-state index contributed by atoms with van der Waals surface area (Å²) >= 11 is 0. The van der Waals surface area contributed by atoms with Gasteiger partial charge in [0.15, 0.2) is 5.65 Å². The van der Waals surface area contributed by atoms with E-state index in [1.807, 2.05) is 30.3 Å². The summed E-state index contributed by atoms with van der Waals surface area (Å²) in [6, 6.07) is 17.6. The topological polar surface area (TPSA) is 147 Å². The van der Waals surface area contributed by atoms with Crippen molar-refractivity contribution in [2.45, 2.75) is 44.2 Å². The molecule has 51 heavy (non-hydrogen) atoms. The predicted octanol–water partition coefficient (Wildman–Crippen LogP) is 4.57. The maximum atomic E-state index is 14.5. The van der Waals surface area contributed by atoms with Crippen LogP contribution in [0.4, 0.5) is 8.78 Å². The first-order valence-corrected chi connectivity index (χ1v) is 18.1. The molecule has 4 aromatic heterocycles. The highest BCUT2D eigenvalue weighted by Crippen LogP contribution is 2.29. The van der Waals surface area contributed by atoms with Crippen LogP contribution in [0.15, 0.2) is 94.9 Å². The lowest BCUT2D eigenvalue weighted by Crippen LogP contribution is -2.45. The Morgan fingerprint density at radius 1 is 0.941 bits per heavy atom. The molecule has 6 aromatic rings. The molecule has 1 aliphatic rings. The van der Waals surface area contributed by atoms with Gasteiger partial charge in [0.05, 0.1) is 30.1 Å². The molecule has 262 valence electrons. The molecule has 2 aromatic carbocycles. The van der Waals surface area contributed by atoms with Crippen LogP contribution in [0.5, 0.6) is 0 Å². The Balaban J connectivity index is 1.14. The lowest BCUT2D eigenvalue weighted by atomic mass is 9.90. The van der Waals surface area contributed by atoms with Crippen LogP contribution in [0.1, 0.15) is 47.8 Å². The van der Waals surface area contributed by atoms with E-state index in [1.54, 1.807) is 18.2 Å². The zero-order valence-electron chi connectivity index (χ0n) is 27.3. The number of carbonyl (C=O) groups excluding carboxylic acids is 1. The summed E-state index contributed by atoms with van der Waals surface area (Å²) in [4.78, 5) is 49.4. The molecule has 12 nitrogen and oxygen atoms in total. The van der Waals surface area contributed by atoms with Crippen molar-refractivity contribution in [3.05, 3.63) is 129 Å². The molecule has 0 unspecified atom stereocenters. The summed E-state index contributed by atoms with van der Waals surface area (Å²) in [5, 5.41) is 2.92. The van der Waals surface area contributed by atoms with Gasteiger partial charge in [-0.05, 0) is 79.1 Å². The quantitative estimate of drug-likeness (QED) is 0.215. The van der Waals surface area contributed by atoms with E-state index in [1.165, 1.54) is 33.5 Å². The summed E-state index contributed by atoms with van der Waals surface area (Å²) < 4.78 is 59.4. The van der Waals surface area contributed by atoms with E-state index in [0.717, 1.165) is 39.8 Å². The number of amides is 1. The molecule has 0 radical (unpaired) electrons. The van der Waals surface area contributed by atoms with Crippen LogP contribution >= 0.6 is 0 Å². The Morgan fingerprint density at radius 2 is 1.71 bits per heavy atom. The number of hydrogen-bond acceptors (Lipinski definition) is 8. The molecule has 4 heterocycles. The summed E-state index contributed by atoms with van der Waals surface area (Å²) in [7, 11) is -3.53. The zero-order chi connectivity index (χ0) is 35.9. The molecule has 0 bridgehead atoms. The highest BCUT2D eigenvalue weighted by atomic mass is 32.2. The number of benzene rings is 2. The minimum Gasteiger partial charge on any atom is -0.348 e. The van der Waals surface area contributed by atoms with Gasteiger partial charge in [0, 0.05) is 24.5 Å². The highest BCUT2D eigenvalue weighted by Gasteiger charge is 2.28. The number of imidazole rings is 1. The first-order chi connectivity index (χ1) is 24.4. The summed E-state index contributed by atoms with van der Waals surface area (Å²) in [5.41, 5.74) is 2.22. The maximum absolute atomic E-state index is 14.5. The molecule has 1 saturated carbocycles. The molecule has 0 spiro atoms. The fraction of sp³-hybridized carbons (Fsp3) is 0.250. The van der Waals surface area contributed by atoms with E-state index in [-0.39, 0.29) is 29.4 Å². The molecule has 0 atom stereocenters. The van der Waals surface area contributed by atoms with Gasteiger partial charge in [-0.15, -0.1) is 0 Å². The first kappa shape index (κ1) is 33.9. The summed E-state index contributed by atoms with van der Waals surface area (Å²) in [5.74, 6) is -1.58. The molecule has 1 N–H and O–H groups in total. The van der Waals surface area contributed by atoms with Gasteiger partial charge in [-0.2, -0.15) is 8.42 Å². The number of carbonyl (C=O) groups is 1. The number of fused-ring (bicyclic) bond motifs is 2. The molecule has 1 aliphatic carbocycles. The fourth-order valence-corrected chi connectivity index (χ4v) is 6.93. The maximum Gasteiger partial charge on any atom is 0.337 e. The lowest BCUT2D eigenvalue weighted by molar-refractivity contribution is 0.0917. The van der Waals surface area contributed by atoms with Crippen molar-refractivity contribution in [3.63, 3.8) is 0 Å². The third-order valence-electron chi connectivity index (χ3n) is 9.02. The third kappa shape index (κ3) is 7.21. The Hall–Kier alpha value is -5.54. The number of aromatic nitrogens is 5. The van der Waals surface area contributed by atoms with E-state index in [2.05, 4.69) is 15.3 Å². The van der Waals surface area contributed by atoms with Crippen molar-refractivity contribution in [2.24, 2.45) is 0 Å². The molecular weight excluding hydrogens is 682 g/mol. The van der Waals surface area contributed by atoms with Crippen LogP contribution < -0.4 is 16.6 Å². The van der Waals surface area contributed by atoms with Gasteiger partial charge in [-0.25, -0.2) is 28.1 Å². The van der Waals surface area contributed by atoms with Crippen LogP contribution in [0.25, 0.3) is 33.5 Å². The van der Waals surface area contributed by atoms with E-state index in [9.17, 15) is 31.6 Å². The molecule has 1 fully saturated rings. The fourth-order valence-electron chi connectivity index (χ4n) is 6.55. The van der Waals surface area contributed by atoms with Crippen LogP contribution in [0.3, 0.4) is 0 Å². The second-order valence-corrected chi connectivity index (χ2v) is 14.2. The van der Waals surface area contributed by atoms with Gasteiger partial charge in [0.1, 0.15) is 23.0 Å².